The molecule has 1 amide bonds. The van der Waals surface area contributed by atoms with Crippen molar-refractivity contribution in [2.24, 2.45) is 0 Å². The molecule has 0 fully saturated rings. The third-order valence-electron chi connectivity index (χ3n) is 6.27. The Labute approximate surface area is 217 Å². The van der Waals surface area contributed by atoms with Gasteiger partial charge in [0.15, 0.2) is 0 Å². The molecule has 194 valence electrons. The number of esters is 1. The lowest BCUT2D eigenvalue weighted by Crippen LogP contribution is -2.47. The van der Waals surface area contributed by atoms with Gasteiger partial charge in [0.2, 0.25) is 10.0 Å². The maximum absolute atomic E-state index is 12.8. The van der Waals surface area contributed by atoms with Crippen LogP contribution in [0.1, 0.15) is 29.5 Å². The minimum atomic E-state index is -3.93. The van der Waals surface area contributed by atoms with E-state index in [-0.39, 0.29) is 18.9 Å². The summed E-state index contributed by atoms with van der Waals surface area (Å²) in [6, 6.07) is 23.2. The molecule has 9 heteroatoms. The maximum Gasteiger partial charge on any atom is 0.407 e. The van der Waals surface area contributed by atoms with Crippen LogP contribution in [0.15, 0.2) is 78.9 Å². The molecule has 1 aliphatic rings. The Hall–Kier alpha value is -3.69. The van der Waals surface area contributed by atoms with Gasteiger partial charge in [0.05, 0.1) is 12.9 Å². The quantitative estimate of drug-likeness (QED) is 0.394. The van der Waals surface area contributed by atoms with Crippen LogP contribution in [0.2, 0.25) is 0 Å². The predicted molar refractivity (Wildman–Crippen MR) is 141 cm³/mol. The number of carbonyl (C=O) groups is 2. The number of ether oxygens (including phenoxy) is 2. The van der Waals surface area contributed by atoms with Crippen molar-refractivity contribution in [1.82, 2.24) is 10.0 Å². The smallest absolute Gasteiger partial charge is 0.407 e. The van der Waals surface area contributed by atoms with Crippen LogP contribution in [0.4, 0.5) is 4.79 Å². The minimum Gasteiger partial charge on any atom is -0.468 e. The SMILES string of the molecule is COC(=O)[C@H](Cc1ccccc1)NS(=O)(=O)C[C@H](C)NC(=O)OCC1c2ccccc2-c2ccccc21. The molecule has 3 aromatic carbocycles. The maximum atomic E-state index is 12.8. The lowest BCUT2D eigenvalue weighted by atomic mass is 9.98. The van der Waals surface area contributed by atoms with E-state index in [1.165, 1.54) is 7.11 Å². The van der Waals surface area contributed by atoms with Crippen molar-refractivity contribution in [3.05, 3.63) is 95.6 Å². The Morgan fingerprint density at radius 1 is 0.892 bits per heavy atom. The van der Waals surface area contributed by atoms with Crippen molar-refractivity contribution < 1.29 is 27.5 Å². The second-order valence-electron chi connectivity index (χ2n) is 9.04. The summed E-state index contributed by atoms with van der Waals surface area (Å²) in [5.41, 5.74) is 5.19. The zero-order valence-electron chi connectivity index (χ0n) is 20.7. The number of hydrogen-bond acceptors (Lipinski definition) is 6. The van der Waals surface area contributed by atoms with Crippen LogP contribution >= 0.6 is 0 Å². The second-order valence-corrected chi connectivity index (χ2v) is 10.8. The van der Waals surface area contributed by atoms with Crippen molar-refractivity contribution in [1.29, 1.82) is 0 Å². The molecule has 0 aromatic heterocycles. The van der Waals surface area contributed by atoms with Crippen LogP contribution in [0, 0.1) is 0 Å². The van der Waals surface area contributed by atoms with E-state index in [2.05, 4.69) is 10.0 Å². The molecule has 0 aliphatic heterocycles. The molecule has 8 nitrogen and oxygen atoms in total. The summed E-state index contributed by atoms with van der Waals surface area (Å²) in [4.78, 5) is 24.7. The Bertz CT molecular complexity index is 1310. The molecule has 3 aromatic rings. The normalized spacial score (nSPS) is 14.2. The van der Waals surface area contributed by atoms with Gasteiger partial charge in [-0.2, -0.15) is 0 Å². The average Bonchev–Trinajstić information content (AvgIpc) is 3.20. The lowest BCUT2D eigenvalue weighted by molar-refractivity contribution is -0.142. The number of amides is 1. The van der Waals surface area contributed by atoms with E-state index in [1.807, 2.05) is 54.6 Å². The van der Waals surface area contributed by atoms with Crippen LogP contribution in [0.5, 0.6) is 0 Å². The van der Waals surface area contributed by atoms with E-state index in [0.29, 0.717) is 0 Å². The Morgan fingerprint density at radius 3 is 2.05 bits per heavy atom. The number of methoxy groups -OCH3 is 1. The van der Waals surface area contributed by atoms with Gasteiger partial charge in [-0.15, -0.1) is 0 Å². The molecule has 0 spiro atoms. The molecular weight excluding hydrogens is 492 g/mol. The van der Waals surface area contributed by atoms with Gasteiger partial charge in [0.25, 0.3) is 0 Å². The number of nitrogens with one attached hydrogen (secondary N) is 2. The van der Waals surface area contributed by atoms with E-state index in [4.69, 9.17) is 9.47 Å². The number of sulfonamides is 1. The van der Waals surface area contributed by atoms with E-state index < -0.39 is 39.9 Å². The van der Waals surface area contributed by atoms with E-state index >= 15 is 0 Å². The van der Waals surface area contributed by atoms with Gasteiger partial charge in [-0.05, 0) is 41.2 Å². The van der Waals surface area contributed by atoms with Crippen molar-refractivity contribution >= 4 is 22.1 Å². The van der Waals surface area contributed by atoms with Gasteiger partial charge in [-0.25, -0.2) is 17.9 Å². The van der Waals surface area contributed by atoms with E-state index in [1.54, 1.807) is 31.2 Å². The van der Waals surface area contributed by atoms with Gasteiger partial charge in [-0.1, -0.05) is 78.9 Å². The number of alkyl carbamates (subject to hydrolysis) is 1. The highest BCUT2D eigenvalue weighted by atomic mass is 32.2. The zero-order chi connectivity index (χ0) is 26.4. The third kappa shape index (κ3) is 6.55. The van der Waals surface area contributed by atoms with Gasteiger partial charge < -0.3 is 14.8 Å². The van der Waals surface area contributed by atoms with Crippen LogP contribution in [0.3, 0.4) is 0 Å². The Kier molecular flexibility index (Phi) is 8.25. The summed E-state index contributed by atoms with van der Waals surface area (Å²) in [6.45, 7) is 1.68. The predicted octanol–water partition coefficient (Wildman–Crippen LogP) is 3.62. The zero-order valence-corrected chi connectivity index (χ0v) is 21.5. The Balaban J connectivity index is 1.33. The molecule has 0 saturated heterocycles. The number of fused-ring (bicyclic) bond motifs is 3. The number of carbonyl (C=O) groups excluding carboxylic acids is 2. The molecule has 0 saturated carbocycles. The summed E-state index contributed by atoms with van der Waals surface area (Å²) >= 11 is 0. The van der Waals surface area contributed by atoms with Crippen molar-refractivity contribution in [3.8, 4) is 11.1 Å². The topological polar surface area (TPSA) is 111 Å². The molecule has 2 N–H and O–H groups in total. The van der Waals surface area contributed by atoms with Crippen molar-refractivity contribution in [2.75, 3.05) is 19.5 Å². The van der Waals surface area contributed by atoms with Gasteiger partial charge in [-0.3, -0.25) is 4.79 Å². The standard InChI is InChI=1S/C28H30N2O6S/c1-19(18-37(33,34)30-26(27(31)35-2)16-20-10-4-3-5-11-20)29-28(32)36-17-25-23-14-8-6-12-21(23)22-13-7-9-15-24(22)25/h3-15,19,25-26,30H,16-18H2,1-2H3,(H,29,32)/t19-,26-/m0/s1. The van der Waals surface area contributed by atoms with Crippen LogP contribution in [-0.2, 0) is 30.7 Å². The highest BCUT2D eigenvalue weighted by molar-refractivity contribution is 7.89. The van der Waals surface area contributed by atoms with Gasteiger partial charge >= 0.3 is 12.1 Å². The number of rotatable bonds is 10. The van der Waals surface area contributed by atoms with Gasteiger partial charge in [0.1, 0.15) is 12.6 Å². The van der Waals surface area contributed by atoms with Crippen molar-refractivity contribution in [3.63, 3.8) is 0 Å². The molecule has 0 radical (unpaired) electrons. The molecule has 2 atom stereocenters. The fourth-order valence-electron chi connectivity index (χ4n) is 4.64. The first kappa shape index (κ1) is 26.4. The lowest BCUT2D eigenvalue weighted by Gasteiger charge is -2.20. The minimum absolute atomic E-state index is 0.0994. The summed E-state index contributed by atoms with van der Waals surface area (Å²) in [5, 5.41) is 2.58. The first-order valence-corrected chi connectivity index (χ1v) is 13.7. The molecular formula is C28H30N2O6S. The molecule has 0 heterocycles. The first-order valence-electron chi connectivity index (χ1n) is 12.0. The van der Waals surface area contributed by atoms with Gasteiger partial charge in [0, 0.05) is 12.0 Å². The third-order valence-corrected chi connectivity index (χ3v) is 7.85. The van der Waals surface area contributed by atoms with Crippen LogP contribution < -0.4 is 10.0 Å². The molecule has 4 rings (SSSR count). The molecule has 0 bridgehead atoms. The van der Waals surface area contributed by atoms with Crippen LogP contribution in [-0.4, -0.2) is 52.0 Å². The summed E-state index contributed by atoms with van der Waals surface area (Å²) in [5.74, 6) is -1.22. The first-order chi connectivity index (χ1) is 17.8. The molecule has 37 heavy (non-hydrogen) atoms. The van der Waals surface area contributed by atoms with E-state index in [9.17, 15) is 18.0 Å². The monoisotopic (exact) mass is 522 g/mol. The van der Waals surface area contributed by atoms with E-state index in [0.717, 1.165) is 27.8 Å². The molecule has 1 aliphatic carbocycles. The highest BCUT2D eigenvalue weighted by Crippen LogP contribution is 2.44. The number of benzene rings is 3. The number of hydrogen-bond donors (Lipinski definition) is 2. The highest BCUT2D eigenvalue weighted by Gasteiger charge is 2.30. The fourth-order valence-corrected chi connectivity index (χ4v) is 6.09. The largest absolute Gasteiger partial charge is 0.468 e. The summed E-state index contributed by atoms with van der Waals surface area (Å²) in [6.07, 6.45) is -0.570. The summed E-state index contributed by atoms with van der Waals surface area (Å²) < 4.78 is 38.2. The van der Waals surface area contributed by atoms with Crippen LogP contribution in [0.25, 0.3) is 11.1 Å². The molecule has 0 unspecified atom stereocenters. The summed E-state index contributed by atoms with van der Waals surface area (Å²) in [7, 11) is -2.73. The Morgan fingerprint density at radius 2 is 1.46 bits per heavy atom. The second kappa shape index (κ2) is 11.6. The average molecular weight is 523 g/mol. The van der Waals surface area contributed by atoms with Crippen molar-refractivity contribution in [2.45, 2.75) is 31.3 Å². The fraction of sp³-hybridized carbons (Fsp3) is 0.286.